The Hall–Kier alpha value is -3.00. The van der Waals surface area contributed by atoms with Crippen molar-refractivity contribution in [2.75, 3.05) is 26.6 Å². The van der Waals surface area contributed by atoms with Gasteiger partial charge in [-0.05, 0) is 53.2 Å². The second-order valence-electron chi connectivity index (χ2n) is 5.86. The van der Waals surface area contributed by atoms with Gasteiger partial charge in [0.25, 0.3) is 0 Å². The predicted octanol–water partition coefficient (Wildman–Crippen LogP) is 4.49. The molecule has 0 spiro atoms. The van der Waals surface area contributed by atoms with Crippen molar-refractivity contribution >= 4 is 33.4 Å². The topological polar surface area (TPSA) is 74.6 Å². The zero-order valence-corrected chi connectivity index (χ0v) is 17.5. The van der Waals surface area contributed by atoms with Crippen molar-refractivity contribution in [3.8, 4) is 17.2 Å². The number of halogens is 1. The van der Waals surface area contributed by atoms with Gasteiger partial charge in [0.1, 0.15) is 23.0 Å². The van der Waals surface area contributed by atoms with Gasteiger partial charge in [-0.25, -0.2) is 9.48 Å². The lowest BCUT2D eigenvalue weighted by Gasteiger charge is -2.15. The molecule has 0 radical (unpaired) electrons. The number of hydrogen-bond donors (Lipinski definition) is 1. The van der Waals surface area contributed by atoms with E-state index in [9.17, 15) is 4.79 Å². The van der Waals surface area contributed by atoms with Gasteiger partial charge in [0.05, 0.1) is 42.7 Å². The van der Waals surface area contributed by atoms with Gasteiger partial charge in [-0.15, -0.1) is 0 Å². The Balaban J connectivity index is 2.13. The number of carbonyl (C=O) groups is 1. The van der Waals surface area contributed by atoms with Gasteiger partial charge in [-0.2, -0.15) is 5.10 Å². The van der Waals surface area contributed by atoms with Crippen LogP contribution in [0.1, 0.15) is 16.1 Å². The van der Waals surface area contributed by atoms with Crippen LogP contribution in [0, 0.1) is 6.92 Å². The number of hydrogen-bond acceptors (Lipinski definition) is 6. The van der Waals surface area contributed by atoms with Crippen LogP contribution in [0.2, 0.25) is 0 Å². The van der Waals surface area contributed by atoms with Crippen LogP contribution in [0.25, 0.3) is 5.69 Å². The quantitative estimate of drug-likeness (QED) is 0.563. The minimum Gasteiger partial charge on any atom is -0.497 e. The van der Waals surface area contributed by atoms with Crippen LogP contribution >= 0.6 is 15.9 Å². The number of benzene rings is 2. The number of aryl methyl sites for hydroxylation is 1. The Kier molecular flexibility index (Phi) is 5.89. The zero-order chi connectivity index (χ0) is 20.3. The van der Waals surface area contributed by atoms with E-state index in [4.69, 9.17) is 14.2 Å². The van der Waals surface area contributed by atoms with Crippen LogP contribution < -0.4 is 14.8 Å². The molecule has 0 aliphatic heterocycles. The fraction of sp³-hybridized carbons (Fsp3) is 0.200. The number of nitrogens with zero attached hydrogens (tertiary/aromatic N) is 2. The summed E-state index contributed by atoms with van der Waals surface area (Å²) in [6.45, 7) is 1.89. The van der Waals surface area contributed by atoms with Gasteiger partial charge in [-0.3, -0.25) is 0 Å². The molecule has 0 unspecified atom stereocenters. The minimum absolute atomic E-state index is 0.346. The summed E-state index contributed by atoms with van der Waals surface area (Å²) < 4.78 is 18.1. The highest BCUT2D eigenvalue weighted by atomic mass is 79.9. The summed E-state index contributed by atoms with van der Waals surface area (Å²) in [5.74, 6) is 1.40. The van der Waals surface area contributed by atoms with Crippen molar-refractivity contribution in [1.29, 1.82) is 0 Å². The Morgan fingerprint density at radius 2 is 1.86 bits per heavy atom. The first kappa shape index (κ1) is 19.8. The van der Waals surface area contributed by atoms with E-state index in [-0.39, 0.29) is 0 Å². The van der Waals surface area contributed by atoms with Gasteiger partial charge in [-0.1, -0.05) is 12.1 Å². The third-order valence-electron chi connectivity index (χ3n) is 4.19. The fourth-order valence-corrected chi connectivity index (χ4v) is 3.11. The first-order valence-corrected chi connectivity index (χ1v) is 9.21. The Morgan fingerprint density at radius 1 is 1.11 bits per heavy atom. The molecule has 0 aliphatic rings. The molecule has 0 saturated heterocycles. The lowest BCUT2D eigenvalue weighted by molar-refractivity contribution is 0.0601. The molecule has 0 saturated carbocycles. The molecule has 0 bridgehead atoms. The number of aromatic nitrogens is 2. The zero-order valence-electron chi connectivity index (χ0n) is 15.9. The number of ether oxygens (including phenoxy) is 3. The lowest BCUT2D eigenvalue weighted by Crippen LogP contribution is -2.09. The van der Waals surface area contributed by atoms with Gasteiger partial charge in [0.15, 0.2) is 0 Å². The van der Waals surface area contributed by atoms with E-state index >= 15 is 0 Å². The molecule has 0 aliphatic carbocycles. The molecule has 1 aromatic heterocycles. The maximum absolute atomic E-state index is 12.3. The number of methoxy groups -OCH3 is 3. The van der Waals surface area contributed by atoms with E-state index in [1.807, 2.05) is 31.2 Å². The van der Waals surface area contributed by atoms with Gasteiger partial charge >= 0.3 is 5.97 Å². The van der Waals surface area contributed by atoms with Crippen LogP contribution in [0.4, 0.5) is 11.5 Å². The summed E-state index contributed by atoms with van der Waals surface area (Å²) in [6.07, 6.45) is 0. The summed E-state index contributed by atoms with van der Waals surface area (Å²) in [4.78, 5) is 12.3. The fourth-order valence-electron chi connectivity index (χ4n) is 2.76. The average Bonchev–Trinajstić information content (AvgIpc) is 3.01. The molecule has 0 amide bonds. The van der Waals surface area contributed by atoms with Crippen molar-refractivity contribution in [2.45, 2.75) is 6.92 Å². The Morgan fingerprint density at radius 3 is 2.54 bits per heavy atom. The van der Waals surface area contributed by atoms with E-state index in [1.165, 1.54) is 7.11 Å². The van der Waals surface area contributed by atoms with E-state index in [1.54, 1.807) is 37.1 Å². The highest BCUT2D eigenvalue weighted by Gasteiger charge is 2.20. The van der Waals surface area contributed by atoms with E-state index in [0.717, 1.165) is 15.9 Å². The number of carbonyl (C=O) groups excluding carboxylic acids is 1. The largest absolute Gasteiger partial charge is 0.497 e. The summed E-state index contributed by atoms with van der Waals surface area (Å²) >= 11 is 3.58. The number of nitrogens with one attached hydrogen (secondary N) is 1. The molecule has 146 valence electrons. The van der Waals surface area contributed by atoms with Gasteiger partial charge < -0.3 is 19.5 Å². The molecule has 1 N–H and O–H groups in total. The maximum Gasteiger partial charge on any atom is 0.340 e. The maximum atomic E-state index is 12.3. The molecule has 2 aromatic carbocycles. The van der Waals surface area contributed by atoms with Crippen LogP contribution in [-0.2, 0) is 4.74 Å². The third-order valence-corrected chi connectivity index (χ3v) is 5.14. The molecule has 7 nitrogen and oxygen atoms in total. The molecule has 8 heteroatoms. The molecule has 1 heterocycles. The Bertz CT molecular complexity index is 1020. The number of anilines is 2. The average molecular weight is 446 g/mol. The van der Waals surface area contributed by atoms with Crippen LogP contribution in [0.5, 0.6) is 11.5 Å². The lowest BCUT2D eigenvalue weighted by atomic mass is 10.1. The van der Waals surface area contributed by atoms with Crippen LogP contribution in [-0.4, -0.2) is 37.1 Å². The van der Waals surface area contributed by atoms with Crippen molar-refractivity contribution in [1.82, 2.24) is 9.78 Å². The van der Waals surface area contributed by atoms with Gasteiger partial charge in [0.2, 0.25) is 0 Å². The predicted molar refractivity (Wildman–Crippen MR) is 110 cm³/mol. The molecule has 3 rings (SSSR count). The van der Waals surface area contributed by atoms with E-state index in [0.29, 0.717) is 28.6 Å². The standard InChI is InChI=1S/C20H20BrN3O4/c1-12-18(21)19(24(23-12)16-7-5-6-8-17(16)27-3)22-15-10-9-13(26-2)11-14(15)20(25)28-4/h5-11,22H,1-4H3. The first-order valence-electron chi connectivity index (χ1n) is 8.42. The smallest absolute Gasteiger partial charge is 0.340 e. The minimum atomic E-state index is -0.474. The van der Waals surface area contributed by atoms with Crippen LogP contribution in [0.15, 0.2) is 46.9 Å². The van der Waals surface area contributed by atoms with Crippen molar-refractivity contribution in [2.24, 2.45) is 0 Å². The highest BCUT2D eigenvalue weighted by Crippen LogP contribution is 2.35. The Labute approximate surface area is 171 Å². The SMILES string of the molecule is COC(=O)c1cc(OC)ccc1Nc1c(Br)c(C)nn1-c1ccccc1OC. The second kappa shape index (κ2) is 8.35. The van der Waals surface area contributed by atoms with Crippen molar-refractivity contribution in [3.63, 3.8) is 0 Å². The molecule has 0 fully saturated rings. The summed E-state index contributed by atoms with van der Waals surface area (Å²) in [5, 5.41) is 7.89. The molecule has 3 aromatic rings. The number of rotatable bonds is 6. The van der Waals surface area contributed by atoms with Gasteiger partial charge in [0, 0.05) is 0 Å². The number of esters is 1. The summed E-state index contributed by atoms with van der Waals surface area (Å²) in [6, 6.07) is 12.7. The summed E-state index contributed by atoms with van der Waals surface area (Å²) in [5.41, 5.74) is 2.44. The first-order chi connectivity index (χ1) is 13.5. The molecular weight excluding hydrogens is 426 g/mol. The third kappa shape index (κ3) is 3.68. The highest BCUT2D eigenvalue weighted by molar-refractivity contribution is 9.10. The monoisotopic (exact) mass is 445 g/mol. The second-order valence-corrected chi connectivity index (χ2v) is 6.65. The molecule has 28 heavy (non-hydrogen) atoms. The molecule has 0 atom stereocenters. The number of para-hydroxylation sites is 2. The van der Waals surface area contributed by atoms with Crippen molar-refractivity contribution < 1.29 is 19.0 Å². The van der Waals surface area contributed by atoms with E-state index in [2.05, 4.69) is 26.3 Å². The molecular formula is C20H20BrN3O4. The van der Waals surface area contributed by atoms with Crippen molar-refractivity contribution in [3.05, 3.63) is 58.2 Å². The summed E-state index contributed by atoms with van der Waals surface area (Å²) in [7, 11) is 4.49. The normalized spacial score (nSPS) is 10.5. The van der Waals surface area contributed by atoms with E-state index < -0.39 is 5.97 Å². The van der Waals surface area contributed by atoms with Crippen LogP contribution in [0.3, 0.4) is 0 Å².